The quantitative estimate of drug-likeness (QED) is 0.0269. The van der Waals surface area contributed by atoms with Gasteiger partial charge in [-0.15, -0.1) is 0 Å². The molecule has 0 fully saturated rings. The van der Waals surface area contributed by atoms with Crippen LogP contribution in [0, 0.1) is 0 Å². The molecule has 0 amide bonds. The summed E-state index contributed by atoms with van der Waals surface area (Å²) < 4.78 is 32.8. The van der Waals surface area contributed by atoms with Crippen molar-refractivity contribution in [1.29, 1.82) is 0 Å². The van der Waals surface area contributed by atoms with Gasteiger partial charge in [-0.05, 0) is 70.6 Å². The van der Waals surface area contributed by atoms with E-state index in [4.69, 9.17) is 24.3 Å². The number of hydrogen-bond acceptors (Lipinski definition) is 8. The van der Waals surface area contributed by atoms with E-state index in [1.165, 1.54) is 96.3 Å². The molecular weight excluding hydrogens is 701 g/mol. The normalized spacial score (nSPS) is 13.6. The van der Waals surface area contributed by atoms with Crippen molar-refractivity contribution in [3.05, 3.63) is 36.5 Å². The van der Waals surface area contributed by atoms with E-state index in [1.54, 1.807) is 0 Å². The number of hydrogen-bond donors (Lipinski definition) is 2. The van der Waals surface area contributed by atoms with Gasteiger partial charge in [0.25, 0.3) is 0 Å². The predicted molar refractivity (Wildman–Crippen MR) is 224 cm³/mol. The molecule has 0 aliphatic rings. The van der Waals surface area contributed by atoms with E-state index < -0.39 is 32.5 Å². The van der Waals surface area contributed by atoms with Gasteiger partial charge in [0.05, 0.1) is 13.2 Å². The number of allylic oxidation sites excluding steroid dienone is 6. The first-order valence-corrected chi connectivity index (χ1v) is 23.5. The molecule has 0 aromatic rings. The molecule has 0 saturated carbocycles. The van der Waals surface area contributed by atoms with Crippen LogP contribution in [0.25, 0.3) is 0 Å². The fourth-order valence-electron chi connectivity index (χ4n) is 5.95. The highest BCUT2D eigenvalue weighted by Crippen LogP contribution is 2.43. The van der Waals surface area contributed by atoms with Crippen LogP contribution in [0.4, 0.5) is 0 Å². The van der Waals surface area contributed by atoms with E-state index in [2.05, 4.69) is 50.3 Å². The molecule has 0 spiro atoms. The fraction of sp³-hybridized carbons (Fsp3) is 0.818. The lowest BCUT2D eigenvalue weighted by Gasteiger charge is -2.19. The van der Waals surface area contributed by atoms with Gasteiger partial charge in [0.2, 0.25) is 0 Å². The van der Waals surface area contributed by atoms with Crippen molar-refractivity contribution < 1.29 is 37.6 Å². The number of phosphoric acid groups is 1. The molecule has 54 heavy (non-hydrogen) atoms. The lowest BCUT2D eigenvalue weighted by Crippen LogP contribution is -2.29. The number of carbonyl (C=O) groups excluding carboxylic acids is 2. The van der Waals surface area contributed by atoms with E-state index in [-0.39, 0.29) is 32.6 Å². The van der Waals surface area contributed by atoms with Crippen LogP contribution < -0.4 is 5.73 Å². The molecule has 2 atom stereocenters. The van der Waals surface area contributed by atoms with Gasteiger partial charge in [0, 0.05) is 19.4 Å². The molecule has 10 heteroatoms. The minimum atomic E-state index is -4.38. The smallest absolute Gasteiger partial charge is 0.462 e. The number of nitrogens with two attached hydrogens (primary N) is 1. The lowest BCUT2D eigenvalue weighted by molar-refractivity contribution is -0.161. The van der Waals surface area contributed by atoms with Crippen molar-refractivity contribution in [3.8, 4) is 0 Å². The Labute approximate surface area is 331 Å². The number of phosphoric ester groups is 1. The van der Waals surface area contributed by atoms with Crippen molar-refractivity contribution in [2.24, 2.45) is 5.73 Å². The zero-order valence-electron chi connectivity index (χ0n) is 34.7. The Hall–Kier alpha value is -1.77. The van der Waals surface area contributed by atoms with Gasteiger partial charge >= 0.3 is 19.8 Å². The Morgan fingerprint density at radius 3 is 1.46 bits per heavy atom. The largest absolute Gasteiger partial charge is 0.472 e. The van der Waals surface area contributed by atoms with Gasteiger partial charge < -0.3 is 20.1 Å². The van der Waals surface area contributed by atoms with Crippen LogP contribution in [-0.4, -0.2) is 49.3 Å². The second-order valence-electron chi connectivity index (χ2n) is 14.6. The van der Waals surface area contributed by atoms with E-state index in [1.807, 2.05) is 0 Å². The molecule has 0 radical (unpaired) electrons. The van der Waals surface area contributed by atoms with Gasteiger partial charge in [0.15, 0.2) is 6.10 Å². The zero-order valence-corrected chi connectivity index (χ0v) is 35.6. The maximum atomic E-state index is 12.6. The fourth-order valence-corrected chi connectivity index (χ4v) is 6.72. The van der Waals surface area contributed by atoms with Crippen molar-refractivity contribution in [3.63, 3.8) is 0 Å². The molecule has 2 unspecified atom stereocenters. The number of unbranched alkanes of at least 4 members (excludes halogenated alkanes) is 22. The van der Waals surface area contributed by atoms with Gasteiger partial charge in [-0.2, -0.15) is 0 Å². The van der Waals surface area contributed by atoms with Crippen LogP contribution in [0.2, 0.25) is 0 Å². The monoisotopic (exact) mass is 784 g/mol. The second-order valence-corrected chi connectivity index (χ2v) is 16.0. The van der Waals surface area contributed by atoms with Gasteiger partial charge in [-0.25, -0.2) is 4.57 Å². The van der Waals surface area contributed by atoms with Crippen LogP contribution in [0.15, 0.2) is 36.5 Å². The summed E-state index contributed by atoms with van der Waals surface area (Å²) in [5.41, 5.74) is 5.35. The Morgan fingerprint density at radius 1 is 0.556 bits per heavy atom. The summed E-state index contributed by atoms with van der Waals surface area (Å²) in [5, 5.41) is 0. The summed E-state index contributed by atoms with van der Waals surface area (Å²) in [6.07, 6.45) is 44.5. The Balaban J connectivity index is 4.15. The minimum absolute atomic E-state index is 0.0514. The molecule has 0 bridgehead atoms. The van der Waals surface area contributed by atoms with Crippen LogP contribution >= 0.6 is 7.82 Å². The molecule has 316 valence electrons. The third-order valence-electron chi connectivity index (χ3n) is 9.25. The van der Waals surface area contributed by atoms with Gasteiger partial charge in [-0.3, -0.25) is 18.6 Å². The summed E-state index contributed by atoms with van der Waals surface area (Å²) in [4.78, 5) is 34.9. The SMILES string of the molecule is CCCCC/C=C\C/C=C\CCCCCCCCCCCC(=O)OC(COC(=O)CCCCCCC/C=C\CCCCCCC)COP(=O)(O)OCCN. The molecule has 0 rings (SSSR count). The number of esters is 2. The minimum Gasteiger partial charge on any atom is -0.462 e. The molecule has 0 aromatic heterocycles. The maximum Gasteiger partial charge on any atom is 0.472 e. The summed E-state index contributed by atoms with van der Waals surface area (Å²) in [6, 6.07) is 0. The molecule has 0 aromatic carbocycles. The highest BCUT2D eigenvalue weighted by atomic mass is 31.2. The van der Waals surface area contributed by atoms with Crippen LogP contribution in [-0.2, 0) is 32.7 Å². The number of ether oxygens (including phenoxy) is 2. The first-order valence-electron chi connectivity index (χ1n) is 22.0. The van der Waals surface area contributed by atoms with E-state index in [0.29, 0.717) is 6.42 Å². The summed E-state index contributed by atoms with van der Waals surface area (Å²) in [6.45, 7) is 3.69. The molecule has 3 N–H and O–H groups in total. The van der Waals surface area contributed by atoms with Gasteiger partial charge in [-0.1, -0.05) is 153 Å². The highest BCUT2D eigenvalue weighted by molar-refractivity contribution is 7.47. The van der Waals surface area contributed by atoms with Crippen LogP contribution in [0.3, 0.4) is 0 Å². The number of rotatable bonds is 41. The van der Waals surface area contributed by atoms with E-state index in [0.717, 1.165) is 70.6 Å². The van der Waals surface area contributed by atoms with Crippen molar-refractivity contribution in [2.75, 3.05) is 26.4 Å². The third-order valence-corrected chi connectivity index (χ3v) is 10.2. The lowest BCUT2D eigenvalue weighted by atomic mass is 10.1. The molecule has 9 nitrogen and oxygen atoms in total. The summed E-state index contributed by atoms with van der Waals surface area (Å²) >= 11 is 0. The van der Waals surface area contributed by atoms with E-state index in [9.17, 15) is 19.0 Å². The standard InChI is InChI=1S/C44H82NO8P/c1-3-5-7-9-11-13-15-17-19-20-21-22-23-25-27-29-31-33-35-37-44(47)53-42(41-52-54(48,49)51-39-38-45)40-50-43(46)36-34-32-30-28-26-24-18-16-14-12-10-8-6-4-2/h11,13,16-19,42H,3-10,12,14-15,20-41,45H2,1-2H3,(H,48,49)/b13-11-,18-16-,19-17-. The first-order chi connectivity index (χ1) is 26.3. The summed E-state index contributed by atoms with van der Waals surface area (Å²) in [5.74, 6) is -0.841. The molecule has 0 aliphatic carbocycles. The number of carbonyl (C=O) groups is 2. The topological polar surface area (TPSA) is 134 Å². The second kappa shape index (κ2) is 40.9. The average molecular weight is 784 g/mol. The average Bonchev–Trinajstić information content (AvgIpc) is 3.16. The molecule has 0 aliphatic heterocycles. The third kappa shape index (κ3) is 39.9. The predicted octanol–water partition coefficient (Wildman–Crippen LogP) is 12.6. The Morgan fingerprint density at radius 2 is 0.963 bits per heavy atom. The molecule has 0 saturated heterocycles. The molecular formula is C44H82NO8P. The highest BCUT2D eigenvalue weighted by Gasteiger charge is 2.26. The maximum absolute atomic E-state index is 12.6. The first kappa shape index (κ1) is 52.2. The van der Waals surface area contributed by atoms with Crippen molar-refractivity contribution in [2.45, 2.75) is 206 Å². The van der Waals surface area contributed by atoms with E-state index >= 15 is 0 Å². The van der Waals surface area contributed by atoms with Crippen LogP contribution in [0.5, 0.6) is 0 Å². The summed E-state index contributed by atoms with van der Waals surface area (Å²) in [7, 11) is -4.38. The van der Waals surface area contributed by atoms with Gasteiger partial charge in [0.1, 0.15) is 6.61 Å². The Bertz CT molecular complexity index is 986. The molecule has 0 heterocycles. The van der Waals surface area contributed by atoms with Crippen molar-refractivity contribution in [1.82, 2.24) is 0 Å². The Kier molecular flexibility index (Phi) is 39.5. The zero-order chi connectivity index (χ0) is 39.6. The van der Waals surface area contributed by atoms with Crippen LogP contribution in [0.1, 0.15) is 200 Å². The van der Waals surface area contributed by atoms with Crippen molar-refractivity contribution >= 4 is 19.8 Å².